The Balaban J connectivity index is 2.37. The van der Waals surface area contributed by atoms with E-state index in [0.717, 1.165) is 5.56 Å². The second kappa shape index (κ2) is 3.92. The van der Waals surface area contributed by atoms with Crippen molar-refractivity contribution in [1.29, 1.82) is 0 Å². The summed E-state index contributed by atoms with van der Waals surface area (Å²) in [6.07, 6.45) is 3.50. The van der Waals surface area contributed by atoms with E-state index in [1.54, 1.807) is 30.4 Å². The summed E-state index contributed by atoms with van der Waals surface area (Å²) in [5, 5.41) is 0. The zero-order chi connectivity index (χ0) is 11.7. The van der Waals surface area contributed by atoms with Crippen LogP contribution in [0.25, 0.3) is 0 Å². The number of hydrogen-bond acceptors (Lipinski definition) is 3. The molecule has 1 aliphatic heterocycles. The van der Waals surface area contributed by atoms with Crippen LogP contribution in [0, 0.1) is 5.92 Å². The molecule has 5 nitrogen and oxygen atoms in total. The molecule has 0 aromatic carbocycles. The molecule has 16 heavy (non-hydrogen) atoms. The van der Waals surface area contributed by atoms with Crippen LogP contribution in [0.15, 0.2) is 24.5 Å². The molecule has 5 heteroatoms. The minimum atomic E-state index is -0.457. The van der Waals surface area contributed by atoms with Gasteiger partial charge in [-0.15, -0.1) is 0 Å². The van der Waals surface area contributed by atoms with Crippen LogP contribution in [0.4, 0.5) is 0 Å². The molecule has 1 fully saturated rings. The largest absolute Gasteiger partial charge is 0.369 e. The maximum atomic E-state index is 11.6. The van der Waals surface area contributed by atoms with Crippen LogP contribution >= 0.6 is 0 Å². The van der Waals surface area contributed by atoms with Crippen LogP contribution in [0.2, 0.25) is 0 Å². The molecule has 0 saturated carbocycles. The van der Waals surface area contributed by atoms with Crippen LogP contribution in [-0.2, 0) is 9.59 Å². The lowest BCUT2D eigenvalue weighted by atomic mass is 9.94. The summed E-state index contributed by atoms with van der Waals surface area (Å²) in [6, 6.07) is 3.35. The maximum Gasteiger partial charge on any atom is 0.223 e. The van der Waals surface area contributed by atoms with Gasteiger partial charge in [-0.3, -0.25) is 14.6 Å². The highest BCUT2D eigenvalue weighted by Gasteiger charge is 2.41. The van der Waals surface area contributed by atoms with Gasteiger partial charge in [0.25, 0.3) is 0 Å². The Bertz CT molecular complexity index is 418. The van der Waals surface area contributed by atoms with E-state index >= 15 is 0 Å². The first-order valence-corrected chi connectivity index (χ1v) is 5.06. The zero-order valence-corrected chi connectivity index (χ0v) is 8.96. The van der Waals surface area contributed by atoms with Gasteiger partial charge in [0.2, 0.25) is 11.8 Å². The average Bonchev–Trinajstić information content (AvgIpc) is 2.57. The number of pyridine rings is 1. The highest BCUT2D eigenvalue weighted by molar-refractivity contribution is 5.89. The van der Waals surface area contributed by atoms with Gasteiger partial charge in [-0.05, 0) is 11.6 Å². The van der Waals surface area contributed by atoms with Crippen molar-refractivity contribution in [3.8, 4) is 0 Å². The molecule has 0 spiro atoms. The minimum absolute atomic E-state index is 0.0577. The van der Waals surface area contributed by atoms with Gasteiger partial charge in [0.1, 0.15) is 0 Å². The summed E-state index contributed by atoms with van der Waals surface area (Å²) in [4.78, 5) is 28.4. The van der Waals surface area contributed by atoms with Gasteiger partial charge >= 0.3 is 0 Å². The fraction of sp³-hybridized carbons (Fsp3) is 0.364. The lowest BCUT2D eigenvalue weighted by Gasteiger charge is -2.23. The van der Waals surface area contributed by atoms with Crippen LogP contribution in [0.5, 0.6) is 0 Å². The standard InChI is InChI=1S/C11H13N3O2/c1-14-9(15)5-8(11(12)16)10(14)7-3-2-4-13-6-7/h2-4,6,8,10H,5H2,1H3,(H2,12,16)/t8-,10-/m0/s1. The van der Waals surface area contributed by atoms with Crippen molar-refractivity contribution >= 4 is 11.8 Å². The van der Waals surface area contributed by atoms with E-state index in [1.165, 1.54) is 0 Å². The quantitative estimate of drug-likeness (QED) is 0.765. The molecule has 1 saturated heterocycles. The number of nitrogens with two attached hydrogens (primary N) is 1. The molecule has 2 N–H and O–H groups in total. The molecular formula is C11H13N3O2. The molecule has 1 aromatic rings. The van der Waals surface area contributed by atoms with E-state index in [9.17, 15) is 9.59 Å². The second-order valence-corrected chi connectivity index (χ2v) is 3.95. The Labute approximate surface area is 93.3 Å². The normalized spacial score (nSPS) is 24.8. The van der Waals surface area contributed by atoms with Crippen LogP contribution in [0.1, 0.15) is 18.0 Å². The number of carbonyl (C=O) groups excluding carboxylic acids is 2. The fourth-order valence-corrected chi connectivity index (χ4v) is 2.13. The number of hydrogen-bond donors (Lipinski definition) is 1. The SMILES string of the molecule is CN1C(=O)C[C@H](C(N)=O)[C@@H]1c1cccnc1. The first-order valence-electron chi connectivity index (χ1n) is 5.06. The van der Waals surface area contributed by atoms with Gasteiger partial charge < -0.3 is 10.6 Å². The number of primary amides is 1. The molecule has 0 aliphatic carbocycles. The van der Waals surface area contributed by atoms with Gasteiger partial charge in [-0.25, -0.2) is 0 Å². The van der Waals surface area contributed by atoms with Crippen molar-refractivity contribution in [3.63, 3.8) is 0 Å². The summed E-state index contributed by atoms with van der Waals surface area (Å²) in [5.74, 6) is -0.953. The Morgan fingerprint density at radius 3 is 2.94 bits per heavy atom. The Kier molecular flexibility index (Phi) is 2.60. The highest BCUT2D eigenvalue weighted by Crippen LogP contribution is 2.36. The molecule has 2 rings (SSSR count). The summed E-state index contributed by atoms with van der Waals surface area (Å²) >= 11 is 0. The number of rotatable bonds is 2. The summed E-state index contributed by atoms with van der Waals surface area (Å²) < 4.78 is 0. The van der Waals surface area contributed by atoms with Gasteiger partial charge in [0, 0.05) is 25.9 Å². The smallest absolute Gasteiger partial charge is 0.223 e. The molecular weight excluding hydrogens is 206 g/mol. The molecule has 1 aromatic heterocycles. The van der Waals surface area contributed by atoms with Crippen LogP contribution in [0.3, 0.4) is 0 Å². The molecule has 2 atom stereocenters. The number of nitrogens with zero attached hydrogens (tertiary/aromatic N) is 2. The molecule has 0 unspecified atom stereocenters. The van der Waals surface area contributed by atoms with Gasteiger partial charge in [0.05, 0.1) is 12.0 Å². The second-order valence-electron chi connectivity index (χ2n) is 3.95. The molecule has 0 radical (unpaired) electrons. The van der Waals surface area contributed by atoms with E-state index < -0.39 is 11.8 Å². The van der Waals surface area contributed by atoms with Crippen LogP contribution in [-0.4, -0.2) is 28.7 Å². The predicted octanol–water partition coefficient (Wildman–Crippen LogP) is 0.0863. The lowest BCUT2D eigenvalue weighted by molar-refractivity contribution is -0.128. The predicted molar refractivity (Wildman–Crippen MR) is 57.0 cm³/mol. The Morgan fingerprint density at radius 2 is 2.38 bits per heavy atom. The topological polar surface area (TPSA) is 76.3 Å². The van der Waals surface area contributed by atoms with Crippen molar-refractivity contribution in [1.82, 2.24) is 9.88 Å². The molecule has 1 aliphatic rings. The molecule has 84 valence electrons. The van der Waals surface area contributed by atoms with E-state index in [1.807, 2.05) is 6.07 Å². The summed E-state index contributed by atoms with van der Waals surface area (Å²) in [5.41, 5.74) is 6.16. The minimum Gasteiger partial charge on any atom is -0.369 e. The van der Waals surface area contributed by atoms with Gasteiger partial charge in [-0.2, -0.15) is 0 Å². The van der Waals surface area contributed by atoms with Crippen LogP contribution < -0.4 is 5.73 Å². The first-order chi connectivity index (χ1) is 7.61. The molecule has 2 heterocycles. The third kappa shape index (κ3) is 1.64. The highest BCUT2D eigenvalue weighted by atomic mass is 16.2. The monoisotopic (exact) mass is 219 g/mol. The Hall–Kier alpha value is -1.91. The number of likely N-dealkylation sites (tertiary alicyclic amines) is 1. The van der Waals surface area contributed by atoms with E-state index in [2.05, 4.69) is 4.98 Å². The van der Waals surface area contributed by atoms with E-state index in [-0.39, 0.29) is 18.4 Å². The van der Waals surface area contributed by atoms with E-state index in [4.69, 9.17) is 5.73 Å². The first kappa shape index (κ1) is 10.6. The fourth-order valence-electron chi connectivity index (χ4n) is 2.13. The van der Waals surface area contributed by atoms with Crippen molar-refractivity contribution in [2.24, 2.45) is 11.7 Å². The average molecular weight is 219 g/mol. The summed E-state index contributed by atoms with van der Waals surface area (Å²) in [7, 11) is 1.68. The molecule has 2 amide bonds. The Morgan fingerprint density at radius 1 is 1.62 bits per heavy atom. The summed E-state index contributed by atoms with van der Waals surface area (Å²) in [6.45, 7) is 0. The van der Waals surface area contributed by atoms with Crippen molar-refractivity contribution in [3.05, 3.63) is 30.1 Å². The number of carbonyl (C=O) groups is 2. The van der Waals surface area contributed by atoms with E-state index in [0.29, 0.717) is 0 Å². The maximum absolute atomic E-state index is 11.6. The van der Waals surface area contributed by atoms with Crippen molar-refractivity contribution < 1.29 is 9.59 Å². The third-order valence-electron chi connectivity index (χ3n) is 2.98. The van der Waals surface area contributed by atoms with Gasteiger partial charge in [-0.1, -0.05) is 6.07 Å². The van der Waals surface area contributed by atoms with Gasteiger partial charge in [0.15, 0.2) is 0 Å². The zero-order valence-electron chi connectivity index (χ0n) is 8.96. The number of aromatic nitrogens is 1. The van der Waals surface area contributed by atoms with Crippen molar-refractivity contribution in [2.45, 2.75) is 12.5 Å². The number of amides is 2. The lowest BCUT2D eigenvalue weighted by Crippen LogP contribution is -2.30. The molecule has 0 bridgehead atoms. The van der Waals surface area contributed by atoms with Crippen molar-refractivity contribution in [2.75, 3.05) is 7.05 Å². The third-order valence-corrected chi connectivity index (χ3v) is 2.98.